The van der Waals surface area contributed by atoms with Gasteiger partial charge in [0, 0.05) is 33.8 Å². The van der Waals surface area contributed by atoms with Crippen LogP contribution in [0, 0.1) is 0 Å². The molecule has 2 heterocycles. The number of hydrogen-bond acceptors (Lipinski definition) is 1. The van der Waals surface area contributed by atoms with E-state index >= 15 is 0 Å². The standard InChI is InChI=1S/C44H32N2/c1-3-12-34(13-4-1)45(35-14-5-2-6-15-35)36-28-26-33(27-29-36)32-24-22-31(23-25-32)30-41-38-17-8-10-21-43(38)46-42-20-9-7-16-37(42)39-18-11-19-40(41)44(39)46/h1-29,41H,30H2. The van der Waals surface area contributed by atoms with Crippen LogP contribution in [0.3, 0.4) is 0 Å². The number of hydrogen-bond donors (Lipinski definition) is 0. The molecule has 9 rings (SSSR count). The molecule has 2 nitrogen and oxygen atoms in total. The SMILES string of the molecule is c1ccc(N(c2ccccc2)c2ccc(-c3ccc(CC4c5ccccc5-n5c6ccccc6c6cccc4c65)cc3)cc2)cc1. The highest BCUT2D eigenvalue weighted by atomic mass is 15.1. The summed E-state index contributed by atoms with van der Waals surface area (Å²) < 4.78 is 2.48. The van der Waals surface area contributed by atoms with E-state index in [1.54, 1.807) is 0 Å². The van der Waals surface area contributed by atoms with Gasteiger partial charge in [0.25, 0.3) is 0 Å². The van der Waals surface area contributed by atoms with Crippen molar-refractivity contribution in [3.63, 3.8) is 0 Å². The van der Waals surface area contributed by atoms with E-state index in [1.165, 1.54) is 55.3 Å². The molecule has 2 heteroatoms. The zero-order valence-electron chi connectivity index (χ0n) is 25.4. The van der Waals surface area contributed by atoms with Crippen LogP contribution >= 0.6 is 0 Å². The molecule has 1 atom stereocenters. The van der Waals surface area contributed by atoms with Crippen LogP contribution in [0.15, 0.2) is 176 Å². The summed E-state index contributed by atoms with van der Waals surface area (Å²) >= 11 is 0. The topological polar surface area (TPSA) is 8.17 Å². The van der Waals surface area contributed by atoms with Gasteiger partial charge in [-0.3, -0.25) is 0 Å². The molecule has 8 aromatic rings. The van der Waals surface area contributed by atoms with Gasteiger partial charge in [0.15, 0.2) is 0 Å². The number of aromatic nitrogens is 1. The third kappa shape index (κ3) is 4.34. The number of rotatable bonds is 6. The summed E-state index contributed by atoms with van der Waals surface area (Å²) in [6.07, 6.45) is 0.958. The predicted octanol–water partition coefficient (Wildman–Crippen LogP) is 11.6. The minimum absolute atomic E-state index is 0.295. The van der Waals surface area contributed by atoms with Crippen LogP contribution in [-0.4, -0.2) is 4.57 Å². The molecule has 0 spiro atoms. The molecular formula is C44H32N2. The van der Waals surface area contributed by atoms with E-state index in [0.29, 0.717) is 5.92 Å². The molecule has 1 unspecified atom stereocenters. The van der Waals surface area contributed by atoms with Gasteiger partial charge in [-0.2, -0.15) is 0 Å². The maximum atomic E-state index is 2.48. The Morgan fingerprint density at radius 1 is 0.435 bits per heavy atom. The fourth-order valence-corrected chi connectivity index (χ4v) is 7.42. The third-order valence-electron chi connectivity index (χ3n) is 9.54. The quantitative estimate of drug-likeness (QED) is 0.188. The average Bonchev–Trinajstić information content (AvgIpc) is 3.47. The summed E-state index contributed by atoms with van der Waals surface area (Å²) in [5.74, 6) is 0.295. The van der Waals surface area contributed by atoms with E-state index in [4.69, 9.17) is 0 Å². The lowest BCUT2D eigenvalue weighted by atomic mass is 9.82. The van der Waals surface area contributed by atoms with Crippen molar-refractivity contribution in [2.24, 2.45) is 0 Å². The van der Waals surface area contributed by atoms with E-state index in [9.17, 15) is 0 Å². The Morgan fingerprint density at radius 2 is 0.978 bits per heavy atom. The second kappa shape index (κ2) is 10.9. The van der Waals surface area contributed by atoms with Gasteiger partial charge in [-0.25, -0.2) is 0 Å². The van der Waals surface area contributed by atoms with Gasteiger partial charge in [-0.05, 0) is 82.8 Å². The Labute approximate surface area is 269 Å². The van der Waals surface area contributed by atoms with Crippen LogP contribution in [0.4, 0.5) is 17.1 Å². The number of anilines is 3. The minimum Gasteiger partial charge on any atom is -0.311 e. The number of nitrogens with zero attached hydrogens (tertiary/aromatic N) is 2. The minimum atomic E-state index is 0.295. The van der Waals surface area contributed by atoms with Crippen molar-refractivity contribution in [3.05, 3.63) is 193 Å². The highest BCUT2D eigenvalue weighted by Crippen LogP contribution is 2.45. The maximum Gasteiger partial charge on any atom is 0.0579 e. The molecule has 0 fully saturated rings. The Hall–Kier alpha value is -5.86. The van der Waals surface area contributed by atoms with Crippen molar-refractivity contribution in [2.75, 3.05) is 4.90 Å². The summed E-state index contributed by atoms with van der Waals surface area (Å²) in [6.45, 7) is 0. The first-order chi connectivity index (χ1) is 22.8. The Bertz CT molecular complexity index is 2280. The molecule has 0 radical (unpaired) electrons. The lowest BCUT2D eigenvalue weighted by Gasteiger charge is -2.28. The number of fused-ring (bicyclic) bond motifs is 5. The third-order valence-corrected chi connectivity index (χ3v) is 9.54. The van der Waals surface area contributed by atoms with Crippen LogP contribution in [0.5, 0.6) is 0 Å². The molecule has 0 saturated carbocycles. The second-order valence-electron chi connectivity index (χ2n) is 12.2. The lowest BCUT2D eigenvalue weighted by Crippen LogP contribution is -2.15. The largest absolute Gasteiger partial charge is 0.311 e. The van der Waals surface area contributed by atoms with Gasteiger partial charge >= 0.3 is 0 Å². The van der Waals surface area contributed by atoms with E-state index < -0.39 is 0 Å². The molecule has 46 heavy (non-hydrogen) atoms. The van der Waals surface area contributed by atoms with Crippen LogP contribution in [0.25, 0.3) is 38.6 Å². The van der Waals surface area contributed by atoms with Gasteiger partial charge in [-0.1, -0.05) is 127 Å². The van der Waals surface area contributed by atoms with Crippen molar-refractivity contribution in [2.45, 2.75) is 12.3 Å². The fraction of sp³-hybridized carbons (Fsp3) is 0.0455. The predicted molar refractivity (Wildman–Crippen MR) is 193 cm³/mol. The molecule has 0 aliphatic carbocycles. The summed E-state index contributed by atoms with van der Waals surface area (Å²) in [5.41, 5.74) is 14.0. The monoisotopic (exact) mass is 588 g/mol. The van der Waals surface area contributed by atoms with Gasteiger partial charge < -0.3 is 9.47 Å². The molecule has 0 saturated heterocycles. The Balaban J connectivity index is 1.04. The van der Waals surface area contributed by atoms with Gasteiger partial charge in [0.05, 0.1) is 16.7 Å². The normalized spacial score (nSPS) is 13.5. The highest BCUT2D eigenvalue weighted by Gasteiger charge is 2.29. The highest BCUT2D eigenvalue weighted by molar-refractivity contribution is 6.11. The first-order valence-electron chi connectivity index (χ1n) is 16.0. The van der Waals surface area contributed by atoms with Crippen molar-refractivity contribution in [3.8, 4) is 16.8 Å². The lowest BCUT2D eigenvalue weighted by molar-refractivity contribution is 0.785. The zero-order valence-corrected chi connectivity index (χ0v) is 25.4. The molecule has 0 amide bonds. The van der Waals surface area contributed by atoms with Crippen LogP contribution in [0.1, 0.15) is 22.6 Å². The maximum absolute atomic E-state index is 2.48. The van der Waals surface area contributed by atoms with Crippen molar-refractivity contribution < 1.29 is 0 Å². The van der Waals surface area contributed by atoms with Crippen LogP contribution in [0.2, 0.25) is 0 Å². The van der Waals surface area contributed by atoms with Crippen molar-refractivity contribution in [1.29, 1.82) is 0 Å². The van der Waals surface area contributed by atoms with Crippen molar-refractivity contribution in [1.82, 2.24) is 4.57 Å². The summed E-state index contributed by atoms with van der Waals surface area (Å²) in [6, 6.07) is 63.8. The number of benzene rings is 7. The van der Waals surface area contributed by atoms with Gasteiger partial charge in [0.1, 0.15) is 0 Å². The smallest absolute Gasteiger partial charge is 0.0579 e. The van der Waals surface area contributed by atoms with E-state index in [2.05, 4.69) is 185 Å². The second-order valence-corrected chi connectivity index (χ2v) is 12.2. The Kier molecular flexibility index (Phi) is 6.31. The van der Waals surface area contributed by atoms with E-state index in [-0.39, 0.29) is 0 Å². The number of para-hydroxylation sites is 5. The van der Waals surface area contributed by atoms with E-state index in [1.807, 2.05) is 0 Å². The molecule has 0 bridgehead atoms. The fourth-order valence-electron chi connectivity index (χ4n) is 7.42. The molecule has 7 aromatic carbocycles. The molecule has 1 aliphatic rings. The van der Waals surface area contributed by atoms with Gasteiger partial charge in [0.2, 0.25) is 0 Å². The summed E-state index contributed by atoms with van der Waals surface area (Å²) in [5, 5.41) is 2.66. The van der Waals surface area contributed by atoms with E-state index in [0.717, 1.165) is 23.5 Å². The van der Waals surface area contributed by atoms with Crippen LogP contribution < -0.4 is 4.90 Å². The molecule has 1 aliphatic heterocycles. The first kappa shape index (κ1) is 26.5. The van der Waals surface area contributed by atoms with Crippen LogP contribution in [-0.2, 0) is 6.42 Å². The Morgan fingerprint density at radius 3 is 1.70 bits per heavy atom. The molecule has 218 valence electrons. The first-order valence-corrected chi connectivity index (χ1v) is 16.0. The molecule has 1 aromatic heterocycles. The van der Waals surface area contributed by atoms with Crippen molar-refractivity contribution >= 4 is 38.9 Å². The summed E-state index contributed by atoms with van der Waals surface area (Å²) in [4.78, 5) is 2.30. The molecular weight excluding hydrogens is 556 g/mol. The average molecular weight is 589 g/mol. The molecule has 0 N–H and O–H groups in total. The van der Waals surface area contributed by atoms with Gasteiger partial charge in [-0.15, -0.1) is 0 Å². The zero-order chi connectivity index (χ0) is 30.5. The summed E-state index contributed by atoms with van der Waals surface area (Å²) in [7, 11) is 0.